The summed E-state index contributed by atoms with van der Waals surface area (Å²) in [6.45, 7) is 1.47. The molecule has 126 valence electrons. The number of hydrogen-bond acceptors (Lipinski definition) is 6. The largest absolute Gasteiger partial charge is 0.339 e. The molecule has 0 saturated carbocycles. The van der Waals surface area contributed by atoms with Crippen LogP contribution >= 0.6 is 11.5 Å². The third kappa shape index (κ3) is 3.28. The van der Waals surface area contributed by atoms with Crippen molar-refractivity contribution in [3.8, 4) is 11.1 Å². The number of amides is 1. The molecule has 1 fully saturated rings. The Bertz CT molecular complexity index is 845. The third-order valence-electron chi connectivity index (χ3n) is 4.58. The Hall–Kier alpha value is -2.67. The van der Waals surface area contributed by atoms with E-state index in [9.17, 15) is 4.79 Å². The smallest absolute Gasteiger partial charge is 0.256 e. The molecule has 0 aliphatic carbocycles. The van der Waals surface area contributed by atoms with E-state index in [0.29, 0.717) is 11.5 Å². The van der Waals surface area contributed by atoms with Crippen LogP contribution in [0.25, 0.3) is 11.1 Å². The molecule has 0 aromatic carbocycles. The average Bonchev–Trinajstić information content (AvgIpc) is 3.23. The van der Waals surface area contributed by atoms with Crippen LogP contribution in [-0.4, -0.2) is 43.2 Å². The first-order valence-corrected chi connectivity index (χ1v) is 9.05. The summed E-state index contributed by atoms with van der Waals surface area (Å²) in [6, 6.07) is 3.95. The van der Waals surface area contributed by atoms with Crippen LogP contribution in [0, 0.1) is 0 Å². The maximum atomic E-state index is 12.5. The van der Waals surface area contributed by atoms with E-state index in [-0.39, 0.29) is 5.91 Å². The van der Waals surface area contributed by atoms with Crippen LogP contribution in [0.5, 0.6) is 0 Å². The minimum absolute atomic E-state index is 0.0734. The predicted molar refractivity (Wildman–Crippen MR) is 95.3 cm³/mol. The van der Waals surface area contributed by atoms with E-state index in [4.69, 9.17) is 0 Å². The van der Waals surface area contributed by atoms with Crippen molar-refractivity contribution in [2.45, 2.75) is 18.8 Å². The maximum absolute atomic E-state index is 12.5. The Balaban J connectivity index is 1.51. The van der Waals surface area contributed by atoms with Gasteiger partial charge in [-0.15, -0.1) is 0 Å². The molecule has 1 saturated heterocycles. The fraction of sp³-hybridized carbons (Fsp3) is 0.278. The number of pyridine rings is 1. The standard InChI is InChI=1S/C18H17N5OS/c24-18(15-9-22-25-11-15)23-7-3-14(4-8-23)17-16(10-20-12-21-17)13-1-5-19-6-2-13/h1-2,5-6,9-12,14H,3-4,7-8H2. The lowest BCUT2D eigenvalue weighted by molar-refractivity contribution is 0.0712. The van der Waals surface area contributed by atoms with Gasteiger partial charge in [-0.25, -0.2) is 14.3 Å². The fourth-order valence-corrected chi connectivity index (χ4v) is 3.78. The van der Waals surface area contributed by atoms with Crippen LogP contribution in [-0.2, 0) is 0 Å². The van der Waals surface area contributed by atoms with Crippen LogP contribution in [0.15, 0.2) is 48.6 Å². The summed E-state index contributed by atoms with van der Waals surface area (Å²) in [6.07, 6.45) is 10.5. The van der Waals surface area contributed by atoms with Crippen LogP contribution in [0.1, 0.15) is 34.8 Å². The number of piperidine rings is 1. The summed E-state index contributed by atoms with van der Waals surface area (Å²) >= 11 is 1.31. The van der Waals surface area contributed by atoms with Gasteiger partial charge >= 0.3 is 0 Å². The van der Waals surface area contributed by atoms with Gasteiger partial charge in [-0.05, 0) is 42.1 Å². The number of aromatic nitrogens is 4. The third-order valence-corrected chi connectivity index (χ3v) is 5.17. The first-order chi connectivity index (χ1) is 12.3. The van der Waals surface area contributed by atoms with Crippen molar-refractivity contribution < 1.29 is 4.79 Å². The second-order valence-electron chi connectivity index (χ2n) is 6.04. The Kier molecular flexibility index (Phi) is 4.47. The lowest BCUT2D eigenvalue weighted by atomic mass is 9.89. The lowest BCUT2D eigenvalue weighted by Gasteiger charge is -2.32. The minimum Gasteiger partial charge on any atom is -0.339 e. The highest BCUT2D eigenvalue weighted by Gasteiger charge is 2.27. The quantitative estimate of drug-likeness (QED) is 0.725. The molecule has 1 aliphatic rings. The number of carbonyl (C=O) groups excluding carboxylic acids is 1. The van der Waals surface area contributed by atoms with Crippen LogP contribution < -0.4 is 0 Å². The van der Waals surface area contributed by atoms with E-state index in [1.165, 1.54) is 11.5 Å². The van der Waals surface area contributed by atoms with E-state index >= 15 is 0 Å². The van der Waals surface area contributed by atoms with Gasteiger partial charge < -0.3 is 4.90 Å². The summed E-state index contributed by atoms with van der Waals surface area (Å²) in [5, 5.41) is 1.81. The Morgan fingerprint density at radius 1 is 1.12 bits per heavy atom. The normalized spacial score (nSPS) is 15.3. The zero-order valence-corrected chi connectivity index (χ0v) is 14.4. The molecular formula is C18H17N5OS. The van der Waals surface area contributed by atoms with Crippen molar-refractivity contribution in [3.63, 3.8) is 0 Å². The molecule has 1 amide bonds. The summed E-state index contributed by atoms with van der Waals surface area (Å²) in [7, 11) is 0. The summed E-state index contributed by atoms with van der Waals surface area (Å²) < 4.78 is 4.02. The van der Waals surface area contributed by atoms with Crippen molar-refractivity contribution in [2.24, 2.45) is 0 Å². The van der Waals surface area contributed by atoms with Gasteiger partial charge in [0.15, 0.2) is 0 Å². The number of hydrogen-bond donors (Lipinski definition) is 0. The number of nitrogens with zero attached hydrogens (tertiary/aromatic N) is 5. The fourth-order valence-electron chi connectivity index (χ4n) is 3.27. The van der Waals surface area contributed by atoms with Gasteiger partial charge in [0.1, 0.15) is 6.33 Å². The van der Waals surface area contributed by atoms with Gasteiger partial charge in [0.2, 0.25) is 0 Å². The number of likely N-dealkylation sites (tertiary alicyclic amines) is 1. The maximum Gasteiger partial charge on any atom is 0.256 e. The molecule has 4 rings (SSSR count). The Morgan fingerprint density at radius 2 is 1.92 bits per heavy atom. The second kappa shape index (κ2) is 7.06. The SMILES string of the molecule is O=C(c1cnsc1)N1CCC(c2ncncc2-c2ccncc2)CC1. The topological polar surface area (TPSA) is 71.9 Å². The summed E-state index contributed by atoms with van der Waals surface area (Å²) in [5.74, 6) is 0.403. The van der Waals surface area contributed by atoms with E-state index in [1.807, 2.05) is 23.2 Å². The van der Waals surface area contributed by atoms with Crippen molar-refractivity contribution in [1.82, 2.24) is 24.2 Å². The molecule has 3 aromatic rings. The predicted octanol–water partition coefficient (Wildman–Crippen LogP) is 3.01. The van der Waals surface area contributed by atoms with Gasteiger partial charge in [0.05, 0.1) is 17.5 Å². The zero-order chi connectivity index (χ0) is 17.1. The molecule has 0 radical (unpaired) electrons. The molecule has 0 unspecified atom stereocenters. The number of carbonyl (C=O) groups is 1. The Labute approximate surface area is 149 Å². The molecule has 0 N–H and O–H groups in total. The highest BCUT2D eigenvalue weighted by atomic mass is 32.1. The monoisotopic (exact) mass is 351 g/mol. The summed E-state index contributed by atoms with van der Waals surface area (Å²) in [4.78, 5) is 27.2. The number of rotatable bonds is 3. The van der Waals surface area contributed by atoms with Crippen molar-refractivity contribution in [1.29, 1.82) is 0 Å². The van der Waals surface area contributed by atoms with Gasteiger partial charge in [-0.1, -0.05) is 0 Å². The zero-order valence-electron chi connectivity index (χ0n) is 13.6. The molecule has 7 heteroatoms. The van der Waals surface area contributed by atoms with Gasteiger partial charge in [-0.3, -0.25) is 9.78 Å². The van der Waals surface area contributed by atoms with Crippen molar-refractivity contribution in [2.75, 3.05) is 13.1 Å². The van der Waals surface area contributed by atoms with Gasteiger partial charge in [-0.2, -0.15) is 0 Å². The van der Waals surface area contributed by atoms with Crippen LogP contribution in [0.3, 0.4) is 0 Å². The molecule has 0 bridgehead atoms. The molecule has 1 aliphatic heterocycles. The van der Waals surface area contributed by atoms with Gasteiger partial charge in [0, 0.05) is 48.5 Å². The van der Waals surface area contributed by atoms with E-state index in [0.717, 1.165) is 42.8 Å². The Morgan fingerprint density at radius 3 is 2.64 bits per heavy atom. The molecule has 0 spiro atoms. The van der Waals surface area contributed by atoms with Gasteiger partial charge in [0.25, 0.3) is 5.91 Å². The lowest BCUT2D eigenvalue weighted by Crippen LogP contribution is -2.38. The van der Waals surface area contributed by atoms with E-state index < -0.39 is 0 Å². The average molecular weight is 351 g/mol. The first-order valence-electron chi connectivity index (χ1n) is 8.22. The molecule has 6 nitrogen and oxygen atoms in total. The highest BCUT2D eigenvalue weighted by Crippen LogP contribution is 2.33. The summed E-state index contributed by atoms with van der Waals surface area (Å²) in [5.41, 5.74) is 3.87. The molecular weight excluding hydrogens is 334 g/mol. The second-order valence-corrected chi connectivity index (χ2v) is 6.69. The molecule has 0 atom stereocenters. The molecule has 3 aromatic heterocycles. The van der Waals surface area contributed by atoms with Crippen LogP contribution in [0.2, 0.25) is 0 Å². The highest BCUT2D eigenvalue weighted by molar-refractivity contribution is 7.03. The molecule has 4 heterocycles. The minimum atomic E-state index is 0.0734. The van der Waals surface area contributed by atoms with E-state index in [2.05, 4.69) is 19.3 Å². The van der Waals surface area contributed by atoms with E-state index in [1.54, 1.807) is 30.3 Å². The first kappa shape index (κ1) is 15.8. The van der Waals surface area contributed by atoms with Crippen LogP contribution in [0.4, 0.5) is 0 Å². The van der Waals surface area contributed by atoms with Crippen molar-refractivity contribution in [3.05, 3.63) is 59.9 Å². The van der Waals surface area contributed by atoms with Crippen molar-refractivity contribution >= 4 is 17.4 Å². The molecule has 25 heavy (non-hydrogen) atoms.